The molecule has 0 fully saturated rings. The van der Waals surface area contributed by atoms with Gasteiger partial charge < -0.3 is 9.32 Å². The molecule has 2 heterocycles. The van der Waals surface area contributed by atoms with Crippen molar-refractivity contribution in [3.63, 3.8) is 0 Å². The largest absolute Gasteiger partial charge is 0.456 e. The zero-order valence-electron chi connectivity index (χ0n) is 30.5. The predicted molar refractivity (Wildman–Crippen MR) is 231 cm³/mol. The average molecular weight is 718 g/mol. The smallest absolute Gasteiger partial charge is 0.160 e. The number of para-hydroxylation sites is 1. The average Bonchev–Trinajstić information content (AvgIpc) is 3.66. The summed E-state index contributed by atoms with van der Waals surface area (Å²) >= 11 is 0. The zero-order valence-corrected chi connectivity index (χ0v) is 30.5. The minimum absolute atomic E-state index is 0.665. The lowest BCUT2D eigenvalue weighted by atomic mass is 9.99. The van der Waals surface area contributed by atoms with Gasteiger partial charge in [0, 0.05) is 44.9 Å². The minimum Gasteiger partial charge on any atom is -0.456 e. The second-order valence-electron chi connectivity index (χ2n) is 13.8. The summed E-state index contributed by atoms with van der Waals surface area (Å²) in [7, 11) is 0. The predicted octanol–water partition coefficient (Wildman–Crippen LogP) is 14.2. The second-order valence-corrected chi connectivity index (χ2v) is 13.8. The Morgan fingerprint density at radius 2 is 0.804 bits per heavy atom. The van der Waals surface area contributed by atoms with Crippen LogP contribution in [0.3, 0.4) is 0 Å². The van der Waals surface area contributed by atoms with Crippen molar-refractivity contribution in [3.8, 4) is 56.2 Å². The first-order chi connectivity index (χ1) is 27.7. The van der Waals surface area contributed by atoms with Crippen LogP contribution in [0.4, 0.5) is 17.1 Å². The van der Waals surface area contributed by atoms with Crippen LogP contribution >= 0.6 is 0 Å². The van der Waals surface area contributed by atoms with E-state index < -0.39 is 0 Å². The highest BCUT2D eigenvalue weighted by atomic mass is 16.3. The van der Waals surface area contributed by atoms with Crippen molar-refractivity contribution in [2.24, 2.45) is 0 Å². The number of anilines is 3. The van der Waals surface area contributed by atoms with Crippen molar-refractivity contribution in [1.29, 1.82) is 0 Å². The van der Waals surface area contributed by atoms with Gasteiger partial charge in [0.05, 0.1) is 17.1 Å². The van der Waals surface area contributed by atoms with Crippen LogP contribution in [0.2, 0.25) is 0 Å². The van der Waals surface area contributed by atoms with Gasteiger partial charge in [-0.3, -0.25) is 0 Å². The molecule has 0 spiro atoms. The molecule has 10 rings (SSSR count). The van der Waals surface area contributed by atoms with E-state index in [0.29, 0.717) is 5.82 Å². The number of rotatable bonds is 8. The van der Waals surface area contributed by atoms with E-state index in [2.05, 4.69) is 157 Å². The van der Waals surface area contributed by atoms with Crippen LogP contribution in [0.15, 0.2) is 217 Å². The highest BCUT2D eigenvalue weighted by Gasteiger charge is 2.22. The summed E-state index contributed by atoms with van der Waals surface area (Å²) in [6.45, 7) is 0. The number of hydrogen-bond donors (Lipinski definition) is 0. The van der Waals surface area contributed by atoms with Crippen molar-refractivity contribution in [2.45, 2.75) is 0 Å². The lowest BCUT2D eigenvalue weighted by molar-refractivity contribution is 0.669. The van der Waals surface area contributed by atoms with E-state index in [1.165, 1.54) is 11.1 Å². The van der Waals surface area contributed by atoms with E-state index in [9.17, 15) is 0 Å². The number of nitrogens with zero attached hydrogens (tertiary/aromatic N) is 3. The number of furan rings is 1. The van der Waals surface area contributed by atoms with Crippen LogP contribution in [-0.4, -0.2) is 9.97 Å². The van der Waals surface area contributed by atoms with Crippen LogP contribution in [0.1, 0.15) is 0 Å². The van der Waals surface area contributed by atoms with Crippen molar-refractivity contribution < 1.29 is 4.42 Å². The molecule has 0 saturated heterocycles. The Morgan fingerprint density at radius 1 is 0.339 bits per heavy atom. The Hall–Kier alpha value is -7.56. The number of fused-ring (bicyclic) bond motifs is 3. The molecule has 264 valence electrons. The van der Waals surface area contributed by atoms with Crippen LogP contribution in [-0.2, 0) is 0 Å². The van der Waals surface area contributed by atoms with E-state index in [4.69, 9.17) is 14.4 Å². The summed E-state index contributed by atoms with van der Waals surface area (Å²) in [5.41, 5.74) is 13.9. The molecule has 4 heteroatoms. The summed E-state index contributed by atoms with van der Waals surface area (Å²) in [5, 5.41) is 2.05. The van der Waals surface area contributed by atoms with Crippen LogP contribution in [0.5, 0.6) is 0 Å². The summed E-state index contributed by atoms with van der Waals surface area (Å²) in [5.74, 6) is 0.665. The first-order valence-electron chi connectivity index (χ1n) is 18.8. The van der Waals surface area contributed by atoms with Gasteiger partial charge in [0.2, 0.25) is 0 Å². The van der Waals surface area contributed by atoms with Crippen LogP contribution in [0, 0.1) is 0 Å². The standard InChI is InChI=1S/C52H35N3O/c1-5-15-36(16-6-1)38-25-29-42(30-26-38)55(43-31-27-39(28-32-43)37-17-7-2-8-18-37)44-33-46(51-45-23-13-14-24-49(45)56-50(51)34-44)48-35-47(40-19-9-3-10-20-40)53-52(54-48)41-21-11-4-12-22-41/h1-35H. The highest BCUT2D eigenvalue weighted by molar-refractivity contribution is 6.13. The lowest BCUT2D eigenvalue weighted by Crippen LogP contribution is -2.10. The maximum absolute atomic E-state index is 6.69. The Balaban J connectivity index is 1.21. The summed E-state index contributed by atoms with van der Waals surface area (Å²) in [6.07, 6.45) is 0. The first-order valence-corrected chi connectivity index (χ1v) is 18.8. The number of aromatic nitrogens is 2. The van der Waals surface area contributed by atoms with Gasteiger partial charge in [-0.2, -0.15) is 0 Å². The van der Waals surface area contributed by atoms with Crippen LogP contribution in [0.25, 0.3) is 78.1 Å². The van der Waals surface area contributed by atoms with Crippen molar-refractivity contribution >= 4 is 39.0 Å². The summed E-state index contributed by atoms with van der Waals surface area (Å²) in [6, 6.07) is 73.8. The van der Waals surface area contributed by atoms with E-state index in [1.54, 1.807) is 0 Å². The number of hydrogen-bond acceptors (Lipinski definition) is 4. The fraction of sp³-hybridized carbons (Fsp3) is 0. The van der Waals surface area contributed by atoms with E-state index >= 15 is 0 Å². The molecule has 0 N–H and O–H groups in total. The Labute approximate surface area is 325 Å². The zero-order chi connectivity index (χ0) is 37.3. The van der Waals surface area contributed by atoms with E-state index in [0.717, 1.165) is 78.2 Å². The summed E-state index contributed by atoms with van der Waals surface area (Å²) in [4.78, 5) is 12.7. The van der Waals surface area contributed by atoms with Gasteiger partial charge in [0.1, 0.15) is 11.2 Å². The molecular formula is C52H35N3O. The quantitative estimate of drug-likeness (QED) is 0.157. The third kappa shape index (κ3) is 6.29. The molecule has 0 atom stereocenters. The van der Waals surface area contributed by atoms with Gasteiger partial charge in [0.15, 0.2) is 5.82 Å². The molecule has 0 aliphatic heterocycles. The van der Waals surface area contributed by atoms with E-state index in [-0.39, 0.29) is 0 Å². The molecular weight excluding hydrogens is 683 g/mol. The van der Waals surface area contributed by atoms with Crippen molar-refractivity contribution in [3.05, 3.63) is 212 Å². The fourth-order valence-corrected chi connectivity index (χ4v) is 7.54. The summed E-state index contributed by atoms with van der Waals surface area (Å²) < 4.78 is 6.69. The Morgan fingerprint density at radius 3 is 1.38 bits per heavy atom. The highest BCUT2D eigenvalue weighted by Crippen LogP contribution is 2.44. The van der Waals surface area contributed by atoms with Crippen LogP contribution < -0.4 is 4.90 Å². The third-order valence-corrected chi connectivity index (χ3v) is 10.3. The van der Waals surface area contributed by atoms with Gasteiger partial charge in [0.25, 0.3) is 0 Å². The molecule has 0 aliphatic carbocycles. The maximum Gasteiger partial charge on any atom is 0.160 e. The molecule has 0 radical (unpaired) electrons. The van der Waals surface area contributed by atoms with Gasteiger partial charge in [-0.25, -0.2) is 9.97 Å². The maximum atomic E-state index is 6.69. The third-order valence-electron chi connectivity index (χ3n) is 10.3. The van der Waals surface area contributed by atoms with Crippen molar-refractivity contribution in [1.82, 2.24) is 9.97 Å². The molecule has 0 saturated carbocycles. The van der Waals surface area contributed by atoms with Gasteiger partial charge >= 0.3 is 0 Å². The van der Waals surface area contributed by atoms with Gasteiger partial charge in [-0.1, -0.05) is 164 Å². The molecule has 0 aliphatic rings. The fourth-order valence-electron chi connectivity index (χ4n) is 7.54. The molecule has 0 amide bonds. The topological polar surface area (TPSA) is 42.2 Å². The molecule has 56 heavy (non-hydrogen) atoms. The van der Waals surface area contributed by atoms with E-state index in [1.807, 2.05) is 60.7 Å². The number of benzene rings is 8. The molecule has 4 nitrogen and oxygen atoms in total. The van der Waals surface area contributed by atoms with Gasteiger partial charge in [-0.15, -0.1) is 0 Å². The SMILES string of the molecule is c1ccc(-c2ccc(N(c3ccc(-c4ccccc4)cc3)c3cc(-c4cc(-c5ccccc5)nc(-c5ccccc5)n4)c4c(c3)oc3ccccc34)cc2)cc1. The van der Waals surface area contributed by atoms with Crippen molar-refractivity contribution in [2.75, 3.05) is 4.90 Å². The molecule has 2 aromatic heterocycles. The molecule has 10 aromatic rings. The second kappa shape index (κ2) is 14.3. The molecule has 8 aromatic carbocycles. The Kier molecular flexibility index (Phi) is 8.47. The monoisotopic (exact) mass is 717 g/mol. The Bertz CT molecular complexity index is 2780. The lowest BCUT2D eigenvalue weighted by Gasteiger charge is -2.26. The minimum atomic E-state index is 0.665. The first kappa shape index (κ1) is 33.0. The van der Waals surface area contributed by atoms with Gasteiger partial charge in [-0.05, 0) is 64.7 Å². The normalized spacial score (nSPS) is 11.2. The molecule has 0 unspecified atom stereocenters. The molecule has 0 bridgehead atoms.